The monoisotopic (exact) mass is 565 g/mol. The Bertz CT molecular complexity index is 1760. The normalized spacial score (nSPS) is 17.9. The summed E-state index contributed by atoms with van der Waals surface area (Å²) >= 11 is 0. The molecule has 1 aliphatic carbocycles. The van der Waals surface area contributed by atoms with E-state index in [2.05, 4.69) is 23.9 Å². The predicted octanol–water partition coefficient (Wildman–Crippen LogP) is 5.29. The van der Waals surface area contributed by atoms with E-state index in [0.717, 1.165) is 29.6 Å². The number of Topliss-reactive ketones (excluding diaryl/α,β-unsaturated/α-hetero) is 1. The summed E-state index contributed by atoms with van der Waals surface area (Å²) in [5, 5.41) is 14.6. The fourth-order valence-electron chi connectivity index (χ4n) is 6.14. The van der Waals surface area contributed by atoms with Gasteiger partial charge in [0.25, 0.3) is 5.91 Å². The maximum absolute atomic E-state index is 13.9. The van der Waals surface area contributed by atoms with Crippen molar-refractivity contribution in [3.05, 3.63) is 71.3 Å². The largest absolute Gasteiger partial charge is 0.486 e. The zero-order chi connectivity index (χ0) is 29.2. The summed E-state index contributed by atoms with van der Waals surface area (Å²) in [7, 11) is 0. The summed E-state index contributed by atoms with van der Waals surface area (Å²) in [5.41, 5.74) is 3.58. The standard InChI is InChI=1S/C32H31N5O5/c1-18(2)37-29-25(17-34-37)23(13-26(35-29)19-3-4-19)30(39)36-9-7-32(8-10-36)14-27(38)24-12-20(5-6-28(24)42-32)21-11-22(31(40)41)16-33-15-21/h5-6,11-13,15-19H,3-4,7-10,14H2,1-2H3,(H,40,41). The zero-order valence-corrected chi connectivity index (χ0v) is 23.5. The second kappa shape index (κ2) is 9.75. The Labute approximate surface area is 242 Å². The average Bonchev–Trinajstić information content (AvgIpc) is 3.75. The number of hydrogen-bond donors (Lipinski definition) is 1. The molecule has 214 valence electrons. The molecule has 0 bridgehead atoms. The lowest BCUT2D eigenvalue weighted by molar-refractivity contribution is -0.00567. The van der Waals surface area contributed by atoms with Crippen LogP contribution in [0.1, 0.15) is 94.7 Å². The summed E-state index contributed by atoms with van der Waals surface area (Å²) in [5.74, 6) is -0.197. The van der Waals surface area contributed by atoms with Crippen molar-refractivity contribution < 1.29 is 24.2 Å². The number of aromatic nitrogens is 4. The number of aromatic carboxylic acids is 1. The van der Waals surface area contributed by atoms with E-state index in [1.807, 2.05) is 21.7 Å². The van der Waals surface area contributed by atoms with Crippen LogP contribution in [0.5, 0.6) is 5.75 Å². The lowest BCUT2D eigenvalue weighted by atomic mass is 9.82. The van der Waals surface area contributed by atoms with Gasteiger partial charge in [-0.3, -0.25) is 14.6 Å². The summed E-state index contributed by atoms with van der Waals surface area (Å²) in [6.45, 7) is 5.08. The van der Waals surface area contributed by atoms with E-state index in [1.54, 1.807) is 24.5 Å². The number of carbonyl (C=O) groups excluding carboxylic acids is 2. The van der Waals surface area contributed by atoms with Crippen molar-refractivity contribution in [2.24, 2.45) is 0 Å². The van der Waals surface area contributed by atoms with Crippen LogP contribution in [0.2, 0.25) is 0 Å². The number of hydrogen-bond acceptors (Lipinski definition) is 7. The SMILES string of the molecule is CC(C)n1ncc2c(C(=O)N3CCC4(CC3)CC(=O)c3cc(-c5cncc(C(=O)O)c5)ccc3O4)cc(C3CC3)nc21. The Balaban J connectivity index is 1.11. The number of rotatable bonds is 5. The molecule has 5 heterocycles. The molecule has 4 aromatic rings. The van der Waals surface area contributed by atoms with Gasteiger partial charge in [-0.15, -0.1) is 0 Å². The molecular formula is C32H31N5O5. The first-order chi connectivity index (χ1) is 20.2. The van der Waals surface area contributed by atoms with Gasteiger partial charge in [0.05, 0.1) is 34.7 Å². The van der Waals surface area contributed by atoms with Crippen LogP contribution in [0.4, 0.5) is 0 Å². The van der Waals surface area contributed by atoms with Gasteiger partial charge in [0, 0.05) is 61.5 Å². The van der Waals surface area contributed by atoms with Crippen molar-refractivity contribution in [1.82, 2.24) is 24.6 Å². The van der Waals surface area contributed by atoms with Gasteiger partial charge in [0.2, 0.25) is 0 Å². The molecule has 1 saturated carbocycles. The smallest absolute Gasteiger partial charge is 0.337 e. The maximum Gasteiger partial charge on any atom is 0.337 e. The number of nitrogens with zero attached hydrogens (tertiary/aromatic N) is 5. The molecule has 3 aliphatic rings. The summed E-state index contributed by atoms with van der Waals surface area (Å²) in [4.78, 5) is 49.4. The molecular weight excluding hydrogens is 534 g/mol. The molecule has 1 aromatic carbocycles. The highest BCUT2D eigenvalue weighted by molar-refractivity contribution is 6.06. The van der Waals surface area contributed by atoms with Gasteiger partial charge < -0.3 is 14.7 Å². The number of amides is 1. The number of likely N-dealkylation sites (tertiary alicyclic amines) is 1. The number of carboxylic acid groups (broad SMARTS) is 1. The number of fused-ring (bicyclic) bond motifs is 2. The van der Waals surface area contributed by atoms with Gasteiger partial charge in [-0.25, -0.2) is 14.5 Å². The van der Waals surface area contributed by atoms with E-state index in [1.165, 1.54) is 12.3 Å². The topological polar surface area (TPSA) is 128 Å². The average molecular weight is 566 g/mol. The highest BCUT2D eigenvalue weighted by Crippen LogP contribution is 2.42. The van der Waals surface area contributed by atoms with Gasteiger partial charge in [-0.1, -0.05) is 6.07 Å². The van der Waals surface area contributed by atoms with Crippen molar-refractivity contribution in [2.45, 2.75) is 63.5 Å². The van der Waals surface area contributed by atoms with Gasteiger partial charge >= 0.3 is 5.97 Å². The van der Waals surface area contributed by atoms with Crippen molar-refractivity contribution in [2.75, 3.05) is 13.1 Å². The number of carbonyl (C=O) groups is 3. The third-order valence-electron chi connectivity index (χ3n) is 8.67. The zero-order valence-electron chi connectivity index (χ0n) is 23.5. The second-order valence-electron chi connectivity index (χ2n) is 11.9. The highest BCUT2D eigenvalue weighted by Gasteiger charge is 2.44. The quantitative estimate of drug-likeness (QED) is 0.346. The minimum absolute atomic E-state index is 0.0220. The van der Waals surface area contributed by atoms with Crippen molar-refractivity contribution in [3.63, 3.8) is 0 Å². The van der Waals surface area contributed by atoms with E-state index >= 15 is 0 Å². The van der Waals surface area contributed by atoms with Crippen LogP contribution in [0.15, 0.2) is 48.9 Å². The number of ether oxygens (including phenoxy) is 1. The molecule has 10 nitrogen and oxygen atoms in total. The molecule has 1 spiro atoms. The fourth-order valence-corrected chi connectivity index (χ4v) is 6.14. The Morgan fingerprint density at radius 2 is 1.83 bits per heavy atom. The Kier molecular flexibility index (Phi) is 6.11. The first-order valence-corrected chi connectivity index (χ1v) is 14.4. The third kappa shape index (κ3) is 4.51. The van der Waals surface area contributed by atoms with E-state index in [4.69, 9.17) is 9.72 Å². The molecule has 3 aromatic heterocycles. The van der Waals surface area contributed by atoms with Crippen LogP contribution in [0.25, 0.3) is 22.2 Å². The molecule has 7 rings (SSSR count). The number of ketones is 1. The third-order valence-corrected chi connectivity index (χ3v) is 8.67. The first kappa shape index (κ1) is 26.3. The van der Waals surface area contributed by atoms with Crippen molar-refractivity contribution in [1.29, 1.82) is 0 Å². The lowest BCUT2D eigenvalue weighted by Gasteiger charge is -2.44. The number of benzene rings is 1. The predicted molar refractivity (Wildman–Crippen MR) is 154 cm³/mol. The van der Waals surface area contributed by atoms with Crippen molar-refractivity contribution in [3.8, 4) is 16.9 Å². The molecule has 10 heteroatoms. The van der Waals surface area contributed by atoms with Gasteiger partial charge in [0.1, 0.15) is 11.4 Å². The lowest BCUT2D eigenvalue weighted by Crippen LogP contribution is -2.52. The highest BCUT2D eigenvalue weighted by atomic mass is 16.5. The molecule has 1 N–H and O–H groups in total. The summed E-state index contributed by atoms with van der Waals surface area (Å²) in [6, 6.07) is 8.96. The molecule has 2 aliphatic heterocycles. The molecule has 1 saturated heterocycles. The maximum atomic E-state index is 13.9. The summed E-state index contributed by atoms with van der Waals surface area (Å²) in [6.07, 6.45) is 8.12. The fraction of sp³-hybridized carbons (Fsp3) is 0.375. The molecule has 42 heavy (non-hydrogen) atoms. The van der Waals surface area contributed by atoms with Crippen LogP contribution >= 0.6 is 0 Å². The molecule has 0 unspecified atom stereocenters. The van der Waals surface area contributed by atoms with E-state index in [9.17, 15) is 19.5 Å². The van der Waals surface area contributed by atoms with Crippen LogP contribution in [-0.4, -0.2) is 66.1 Å². The second-order valence-corrected chi connectivity index (χ2v) is 11.9. The van der Waals surface area contributed by atoms with Crippen molar-refractivity contribution >= 4 is 28.7 Å². The van der Waals surface area contributed by atoms with Gasteiger partial charge in [0.15, 0.2) is 11.4 Å². The van der Waals surface area contributed by atoms with Crippen LogP contribution < -0.4 is 4.74 Å². The number of pyridine rings is 2. The number of piperidine rings is 1. The van der Waals surface area contributed by atoms with Crippen LogP contribution in [0, 0.1) is 0 Å². The van der Waals surface area contributed by atoms with E-state index < -0.39 is 11.6 Å². The minimum atomic E-state index is -1.06. The summed E-state index contributed by atoms with van der Waals surface area (Å²) < 4.78 is 8.37. The Morgan fingerprint density at radius 1 is 1.05 bits per heavy atom. The van der Waals surface area contributed by atoms with Gasteiger partial charge in [-0.2, -0.15) is 5.10 Å². The Morgan fingerprint density at radius 3 is 2.55 bits per heavy atom. The van der Waals surface area contributed by atoms with E-state index in [-0.39, 0.29) is 29.7 Å². The molecule has 2 fully saturated rings. The molecule has 0 atom stereocenters. The first-order valence-electron chi connectivity index (χ1n) is 14.4. The van der Waals surface area contributed by atoms with Crippen LogP contribution in [0.3, 0.4) is 0 Å². The molecule has 1 amide bonds. The Hall–Kier alpha value is -4.60. The van der Waals surface area contributed by atoms with Crippen LogP contribution in [-0.2, 0) is 0 Å². The van der Waals surface area contributed by atoms with Gasteiger partial charge in [-0.05, 0) is 56.5 Å². The van der Waals surface area contributed by atoms with E-state index in [0.29, 0.717) is 59.9 Å². The minimum Gasteiger partial charge on any atom is -0.486 e. The molecule has 0 radical (unpaired) electrons. The number of carboxylic acids is 1.